The summed E-state index contributed by atoms with van der Waals surface area (Å²) in [5.74, 6) is -0.526. The van der Waals surface area contributed by atoms with Crippen molar-refractivity contribution in [2.24, 2.45) is 5.92 Å². The van der Waals surface area contributed by atoms with Gasteiger partial charge in [-0.2, -0.15) is 13.2 Å². The lowest BCUT2D eigenvalue weighted by Crippen LogP contribution is -2.43. The molecule has 1 fully saturated rings. The van der Waals surface area contributed by atoms with Crippen molar-refractivity contribution in [3.05, 3.63) is 35.9 Å². The van der Waals surface area contributed by atoms with Crippen LogP contribution in [0, 0.1) is 5.92 Å². The van der Waals surface area contributed by atoms with Gasteiger partial charge in [-0.15, -0.1) is 0 Å². The van der Waals surface area contributed by atoms with Crippen LogP contribution in [-0.2, 0) is 0 Å². The minimum atomic E-state index is -4.21. The first-order valence-electron chi connectivity index (χ1n) is 5.13. The maximum atomic E-state index is 12.6. The zero-order valence-corrected chi connectivity index (χ0v) is 8.75. The molecule has 1 aromatic carbocycles. The molecular formula is C11H13F3N2. The molecule has 1 aliphatic rings. The topological polar surface area (TPSA) is 24.1 Å². The van der Waals surface area contributed by atoms with Gasteiger partial charge in [-0.1, -0.05) is 37.3 Å². The van der Waals surface area contributed by atoms with Gasteiger partial charge in [0.05, 0.1) is 6.04 Å². The van der Waals surface area contributed by atoms with E-state index in [4.69, 9.17) is 0 Å². The number of benzene rings is 1. The number of alkyl halides is 3. The van der Waals surface area contributed by atoms with E-state index in [1.165, 1.54) is 0 Å². The highest BCUT2D eigenvalue weighted by atomic mass is 19.4. The number of hydrogen-bond donors (Lipinski definition) is 2. The minimum Gasteiger partial charge on any atom is -0.249 e. The molecule has 1 saturated heterocycles. The Balaban J connectivity index is 2.17. The predicted molar refractivity (Wildman–Crippen MR) is 54.5 cm³/mol. The molecule has 0 saturated carbocycles. The fourth-order valence-electron chi connectivity index (χ4n) is 2.06. The van der Waals surface area contributed by atoms with Gasteiger partial charge in [-0.3, -0.25) is 0 Å². The van der Waals surface area contributed by atoms with Gasteiger partial charge in [-0.25, -0.2) is 10.9 Å². The molecule has 0 bridgehead atoms. The van der Waals surface area contributed by atoms with Crippen LogP contribution in [0.2, 0.25) is 0 Å². The Morgan fingerprint density at radius 3 is 2.19 bits per heavy atom. The van der Waals surface area contributed by atoms with Gasteiger partial charge < -0.3 is 0 Å². The molecule has 0 spiro atoms. The van der Waals surface area contributed by atoms with Gasteiger partial charge in [0.1, 0.15) is 6.04 Å². The number of nitrogens with one attached hydrogen (secondary N) is 2. The molecule has 16 heavy (non-hydrogen) atoms. The first-order chi connectivity index (χ1) is 7.50. The number of hydrazine groups is 1. The van der Waals surface area contributed by atoms with Crippen LogP contribution in [0.3, 0.4) is 0 Å². The summed E-state index contributed by atoms with van der Waals surface area (Å²) < 4.78 is 37.8. The molecule has 0 aliphatic carbocycles. The highest BCUT2D eigenvalue weighted by molar-refractivity contribution is 5.21. The minimum absolute atomic E-state index is 0.298. The van der Waals surface area contributed by atoms with Crippen molar-refractivity contribution in [3.63, 3.8) is 0 Å². The molecule has 0 amide bonds. The first-order valence-corrected chi connectivity index (χ1v) is 5.13. The van der Waals surface area contributed by atoms with E-state index in [-0.39, 0.29) is 6.04 Å². The Bertz CT molecular complexity index is 350. The molecule has 1 aliphatic heterocycles. The van der Waals surface area contributed by atoms with E-state index in [9.17, 15) is 13.2 Å². The summed E-state index contributed by atoms with van der Waals surface area (Å²) in [6.07, 6.45) is -4.21. The maximum absolute atomic E-state index is 12.6. The van der Waals surface area contributed by atoms with Gasteiger partial charge in [0, 0.05) is 5.92 Å². The standard InChI is InChI=1S/C11H13F3N2/c1-7-9(8-5-3-2-4-6-8)15-16-10(7)11(12,13)14/h2-7,9-10,15-16H,1H3. The number of halogens is 3. The lowest BCUT2D eigenvalue weighted by molar-refractivity contribution is -0.160. The van der Waals surface area contributed by atoms with Crippen LogP contribution in [0.1, 0.15) is 18.5 Å². The highest BCUT2D eigenvalue weighted by Gasteiger charge is 2.49. The molecule has 3 atom stereocenters. The predicted octanol–water partition coefficient (Wildman–Crippen LogP) is 2.40. The molecule has 0 aromatic heterocycles. The van der Waals surface area contributed by atoms with Gasteiger partial charge in [-0.05, 0) is 5.56 Å². The van der Waals surface area contributed by atoms with E-state index in [1.54, 1.807) is 6.92 Å². The Labute approximate surface area is 91.8 Å². The van der Waals surface area contributed by atoms with E-state index < -0.39 is 18.1 Å². The molecule has 2 rings (SSSR count). The lowest BCUT2D eigenvalue weighted by atomic mass is 9.91. The highest BCUT2D eigenvalue weighted by Crippen LogP contribution is 2.36. The van der Waals surface area contributed by atoms with Crippen molar-refractivity contribution in [1.82, 2.24) is 10.9 Å². The third-order valence-corrected chi connectivity index (χ3v) is 2.96. The smallest absolute Gasteiger partial charge is 0.249 e. The Morgan fingerprint density at radius 1 is 1.06 bits per heavy atom. The van der Waals surface area contributed by atoms with Gasteiger partial charge in [0.2, 0.25) is 0 Å². The summed E-state index contributed by atoms with van der Waals surface area (Å²) in [6.45, 7) is 1.60. The number of rotatable bonds is 1. The zero-order chi connectivity index (χ0) is 11.8. The third kappa shape index (κ3) is 2.05. The largest absolute Gasteiger partial charge is 0.405 e. The van der Waals surface area contributed by atoms with Crippen molar-refractivity contribution >= 4 is 0 Å². The maximum Gasteiger partial charge on any atom is 0.405 e. The van der Waals surface area contributed by atoms with Gasteiger partial charge >= 0.3 is 6.18 Å². The summed E-state index contributed by atoms with van der Waals surface area (Å²) >= 11 is 0. The summed E-state index contributed by atoms with van der Waals surface area (Å²) in [5.41, 5.74) is 5.90. The second-order valence-corrected chi connectivity index (χ2v) is 4.06. The average molecular weight is 230 g/mol. The van der Waals surface area contributed by atoms with Crippen LogP contribution in [0.25, 0.3) is 0 Å². The fourth-order valence-corrected chi connectivity index (χ4v) is 2.06. The molecule has 1 aromatic rings. The first kappa shape index (κ1) is 11.4. The van der Waals surface area contributed by atoms with Crippen molar-refractivity contribution in [2.45, 2.75) is 25.2 Å². The number of hydrogen-bond acceptors (Lipinski definition) is 2. The second kappa shape index (κ2) is 4.07. The summed E-state index contributed by atoms with van der Waals surface area (Å²) in [7, 11) is 0. The molecule has 1 heterocycles. The van der Waals surface area contributed by atoms with E-state index in [0.717, 1.165) is 5.56 Å². The van der Waals surface area contributed by atoms with Crippen LogP contribution in [-0.4, -0.2) is 12.2 Å². The molecule has 2 N–H and O–H groups in total. The molecule has 88 valence electrons. The van der Waals surface area contributed by atoms with Crippen LogP contribution in [0.5, 0.6) is 0 Å². The normalized spacial score (nSPS) is 30.6. The summed E-state index contributed by atoms with van der Waals surface area (Å²) in [4.78, 5) is 0. The van der Waals surface area contributed by atoms with Crippen molar-refractivity contribution < 1.29 is 13.2 Å². The van der Waals surface area contributed by atoms with E-state index in [1.807, 2.05) is 30.3 Å². The molecule has 0 radical (unpaired) electrons. The molecule has 5 heteroatoms. The molecule has 3 unspecified atom stereocenters. The fraction of sp³-hybridized carbons (Fsp3) is 0.455. The third-order valence-electron chi connectivity index (χ3n) is 2.96. The van der Waals surface area contributed by atoms with Crippen LogP contribution < -0.4 is 10.9 Å². The molecular weight excluding hydrogens is 217 g/mol. The average Bonchev–Trinajstić information content (AvgIpc) is 2.61. The van der Waals surface area contributed by atoms with Crippen molar-refractivity contribution in [1.29, 1.82) is 0 Å². The van der Waals surface area contributed by atoms with Crippen LogP contribution >= 0.6 is 0 Å². The monoisotopic (exact) mass is 230 g/mol. The van der Waals surface area contributed by atoms with Crippen molar-refractivity contribution in [3.8, 4) is 0 Å². The van der Waals surface area contributed by atoms with E-state index in [0.29, 0.717) is 0 Å². The summed E-state index contributed by atoms with van der Waals surface area (Å²) in [6, 6.07) is 7.36. The quantitative estimate of drug-likeness (QED) is 0.774. The summed E-state index contributed by atoms with van der Waals surface area (Å²) in [5, 5.41) is 0. The Kier molecular flexibility index (Phi) is 2.90. The van der Waals surface area contributed by atoms with E-state index in [2.05, 4.69) is 10.9 Å². The van der Waals surface area contributed by atoms with Crippen LogP contribution in [0.4, 0.5) is 13.2 Å². The lowest BCUT2D eigenvalue weighted by Gasteiger charge is -2.20. The van der Waals surface area contributed by atoms with Gasteiger partial charge in [0.15, 0.2) is 0 Å². The van der Waals surface area contributed by atoms with Crippen molar-refractivity contribution in [2.75, 3.05) is 0 Å². The molecule has 2 nitrogen and oxygen atoms in total. The Morgan fingerprint density at radius 2 is 1.69 bits per heavy atom. The van der Waals surface area contributed by atoms with Crippen LogP contribution in [0.15, 0.2) is 30.3 Å². The van der Waals surface area contributed by atoms with E-state index >= 15 is 0 Å². The van der Waals surface area contributed by atoms with Gasteiger partial charge in [0.25, 0.3) is 0 Å². The SMILES string of the molecule is CC1C(c2ccccc2)NNC1C(F)(F)F. The second-order valence-electron chi connectivity index (χ2n) is 4.06. The Hall–Kier alpha value is -1.07. The zero-order valence-electron chi connectivity index (χ0n) is 8.75.